The van der Waals surface area contributed by atoms with Crippen molar-refractivity contribution in [3.05, 3.63) is 28.4 Å². The van der Waals surface area contributed by atoms with Gasteiger partial charge in [0.25, 0.3) is 5.69 Å². The van der Waals surface area contributed by atoms with Crippen LogP contribution in [-0.4, -0.2) is 24.0 Å². The van der Waals surface area contributed by atoms with Gasteiger partial charge in [0.05, 0.1) is 4.92 Å². The molecule has 0 fully saturated rings. The first kappa shape index (κ1) is 12.3. The number of nitrogens with zero attached hydrogens (tertiary/aromatic N) is 3. The molecule has 0 bridgehead atoms. The Balaban J connectivity index is 0.000000791. The van der Waals surface area contributed by atoms with Crippen molar-refractivity contribution in [2.45, 2.75) is 13.8 Å². The minimum Gasteiger partial charge on any atom is -0.363 e. The van der Waals surface area contributed by atoms with E-state index in [1.165, 1.54) is 12.3 Å². The molecule has 0 saturated carbocycles. The molecule has 0 atom stereocenters. The van der Waals surface area contributed by atoms with Crippen LogP contribution in [0.2, 0.25) is 0 Å². The predicted octanol–water partition coefficient (Wildman–Crippen LogP) is 2.08. The maximum atomic E-state index is 10.2. The van der Waals surface area contributed by atoms with Crippen molar-refractivity contribution in [2.75, 3.05) is 19.0 Å². The summed E-state index contributed by atoms with van der Waals surface area (Å²) in [4.78, 5) is 15.4. The standard InChI is InChI=1S/C7H9N3O2.C2H6/c1-9(2)7-4-3-6(5-8-7)10(11)12;1-2/h3-5H,1-2H3;1-2H3. The van der Waals surface area contributed by atoms with Crippen molar-refractivity contribution in [3.63, 3.8) is 0 Å². The highest BCUT2D eigenvalue weighted by molar-refractivity contribution is 5.41. The normalized spacial score (nSPS) is 8.57. The molecule has 1 aromatic heterocycles. The molecule has 0 aliphatic heterocycles. The Morgan fingerprint density at radius 3 is 2.21 bits per heavy atom. The van der Waals surface area contributed by atoms with E-state index < -0.39 is 4.92 Å². The van der Waals surface area contributed by atoms with Crippen LogP contribution in [0.5, 0.6) is 0 Å². The average Bonchev–Trinajstić information content (AvgIpc) is 2.21. The Bertz CT molecular complexity index is 283. The maximum Gasteiger partial charge on any atom is 0.287 e. The van der Waals surface area contributed by atoms with E-state index in [0.29, 0.717) is 5.82 Å². The van der Waals surface area contributed by atoms with E-state index in [4.69, 9.17) is 0 Å². The van der Waals surface area contributed by atoms with Crippen molar-refractivity contribution in [1.29, 1.82) is 0 Å². The van der Waals surface area contributed by atoms with Crippen LogP contribution in [0.1, 0.15) is 13.8 Å². The van der Waals surface area contributed by atoms with Crippen LogP contribution in [0.4, 0.5) is 11.5 Å². The van der Waals surface area contributed by atoms with E-state index in [1.807, 2.05) is 27.9 Å². The minimum absolute atomic E-state index is 0.0144. The van der Waals surface area contributed by atoms with E-state index in [-0.39, 0.29) is 5.69 Å². The zero-order valence-corrected chi connectivity index (χ0v) is 8.89. The molecule has 0 saturated heterocycles. The highest BCUT2D eigenvalue weighted by atomic mass is 16.6. The first-order chi connectivity index (χ1) is 6.61. The lowest BCUT2D eigenvalue weighted by Gasteiger charge is -2.09. The minimum atomic E-state index is -0.466. The third kappa shape index (κ3) is 3.38. The van der Waals surface area contributed by atoms with Gasteiger partial charge in [0.2, 0.25) is 0 Å². The van der Waals surface area contributed by atoms with Crippen LogP contribution in [0, 0.1) is 10.1 Å². The van der Waals surface area contributed by atoms with Crippen molar-refractivity contribution in [1.82, 2.24) is 4.98 Å². The lowest BCUT2D eigenvalue weighted by molar-refractivity contribution is -0.385. The molecule has 1 heterocycles. The number of hydrogen-bond acceptors (Lipinski definition) is 4. The van der Waals surface area contributed by atoms with Gasteiger partial charge in [-0.2, -0.15) is 0 Å². The molecule has 5 heteroatoms. The van der Waals surface area contributed by atoms with E-state index >= 15 is 0 Å². The summed E-state index contributed by atoms with van der Waals surface area (Å²) in [6.07, 6.45) is 1.25. The van der Waals surface area contributed by atoms with E-state index in [1.54, 1.807) is 11.0 Å². The van der Waals surface area contributed by atoms with Gasteiger partial charge in [-0.1, -0.05) is 13.8 Å². The summed E-state index contributed by atoms with van der Waals surface area (Å²) >= 11 is 0. The zero-order valence-electron chi connectivity index (χ0n) is 8.89. The summed E-state index contributed by atoms with van der Waals surface area (Å²) in [6, 6.07) is 3.04. The first-order valence-corrected chi connectivity index (χ1v) is 4.39. The van der Waals surface area contributed by atoms with Gasteiger partial charge in [-0.3, -0.25) is 10.1 Å². The fourth-order valence-electron chi connectivity index (χ4n) is 0.751. The molecule has 0 N–H and O–H groups in total. The molecular weight excluding hydrogens is 182 g/mol. The van der Waals surface area contributed by atoms with Crippen molar-refractivity contribution < 1.29 is 4.92 Å². The number of rotatable bonds is 2. The molecule has 78 valence electrons. The van der Waals surface area contributed by atoms with Gasteiger partial charge in [-0.25, -0.2) is 4.98 Å². The summed E-state index contributed by atoms with van der Waals surface area (Å²) in [5.74, 6) is 0.709. The third-order valence-corrected chi connectivity index (χ3v) is 1.40. The molecule has 1 aromatic rings. The quantitative estimate of drug-likeness (QED) is 0.538. The summed E-state index contributed by atoms with van der Waals surface area (Å²) in [7, 11) is 3.66. The van der Waals surface area contributed by atoms with Crippen LogP contribution >= 0.6 is 0 Å². The SMILES string of the molecule is CC.CN(C)c1ccc([N+](=O)[O-])cn1. The monoisotopic (exact) mass is 197 g/mol. The van der Waals surface area contributed by atoms with Gasteiger partial charge in [0.15, 0.2) is 0 Å². The van der Waals surface area contributed by atoms with E-state index in [0.717, 1.165) is 0 Å². The molecular formula is C9H15N3O2. The van der Waals surface area contributed by atoms with Crippen LogP contribution in [0.15, 0.2) is 18.3 Å². The molecule has 0 aromatic carbocycles. The van der Waals surface area contributed by atoms with E-state index in [9.17, 15) is 10.1 Å². The van der Waals surface area contributed by atoms with E-state index in [2.05, 4.69) is 4.98 Å². The van der Waals surface area contributed by atoms with Crippen molar-refractivity contribution in [3.8, 4) is 0 Å². The second-order valence-corrected chi connectivity index (χ2v) is 2.53. The number of pyridine rings is 1. The lowest BCUT2D eigenvalue weighted by atomic mass is 10.4. The van der Waals surface area contributed by atoms with Crippen LogP contribution in [0.3, 0.4) is 0 Å². The fraction of sp³-hybridized carbons (Fsp3) is 0.444. The maximum absolute atomic E-state index is 10.2. The Morgan fingerprint density at radius 2 is 1.93 bits per heavy atom. The largest absolute Gasteiger partial charge is 0.363 e. The topological polar surface area (TPSA) is 59.3 Å². The predicted molar refractivity (Wildman–Crippen MR) is 56.6 cm³/mol. The highest BCUT2D eigenvalue weighted by Crippen LogP contribution is 2.12. The Labute approximate surface area is 83.5 Å². The molecule has 0 aliphatic rings. The molecule has 0 spiro atoms. The third-order valence-electron chi connectivity index (χ3n) is 1.40. The number of hydrogen-bond donors (Lipinski definition) is 0. The fourth-order valence-corrected chi connectivity index (χ4v) is 0.751. The summed E-state index contributed by atoms with van der Waals surface area (Å²) < 4.78 is 0. The molecule has 0 amide bonds. The molecule has 0 aliphatic carbocycles. The smallest absolute Gasteiger partial charge is 0.287 e. The van der Waals surface area contributed by atoms with Crippen LogP contribution in [-0.2, 0) is 0 Å². The number of aromatic nitrogens is 1. The van der Waals surface area contributed by atoms with Gasteiger partial charge in [-0.15, -0.1) is 0 Å². The molecule has 0 radical (unpaired) electrons. The van der Waals surface area contributed by atoms with Gasteiger partial charge < -0.3 is 4.90 Å². The van der Waals surface area contributed by atoms with Gasteiger partial charge in [-0.05, 0) is 6.07 Å². The summed E-state index contributed by atoms with van der Waals surface area (Å²) in [5.41, 5.74) is 0.0144. The summed E-state index contributed by atoms with van der Waals surface area (Å²) in [6.45, 7) is 4.00. The zero-order chi connectivity index (χ0) is 11.1. The van der Waals surface area contributed by atoms with Gasteiger partial charge >= 0.3 is 0 Å². The van der Waals surface area contributed by atoms with Crippen LogP contribution < -0.4 is 4.90 Å². The Morgan fingerprint density at radius 1 is 1.36 bits per heavy atom. The molecule has 14 heavy (non-hydrogen) atoms. The molecule has 1 rings (SSSR count). The second kappa shape index (κ2) is 5.90. The van der Waals surface area contributed by atoms with Crippen molar-refractivity contribution in [2.24, 2.45) is 0 Å². The molecule has 5 nitrogen and oxygen atoms in total. The highest BCUT2D eigenvalue weighted by Gasteiger charge is 2.05. The Hall–Kier alpha value is -1.65. The van der Waals surface area contributed by atoms with Crippen LogP contribution in [0.25, 0.3) is 0 Å². The number of anilines is 1. The lowest BCUT2D eigenvalue weighted by Crippen LogP contribution is -2.10. The Kier molecular flexibility index (Phi) is 5.21. The second-order valence-electron chi connectivity index (χ2n) is 2.53. The summed E-state index contributed by atoms with van der Waals surface area (Å²) in [5, 5.41) is 10.2. The number of nitro groups is 1. The molecule has 0 unspecified atom stereocenters. The van der Waals surface area contributed by atoms with Crippen molar-refractivity contribution >= 4 is 11.5 Å². The average molecular weight is 197 g/mol. The van der Waals surface area contributed by atoms with Gasteiger partial charge in [0.1, 0.15) is 12.0 Å². The first-order valence-electron chi connectivity index (χ1n) is 4.39. The van der Waals surface area contributed by atoms with Gasteiger partial charge in [0, 0.05) is 20.2 Å².